The third-order valence-corrected chi connectivity index (χ3v) is 3.95. The first-order valence-corrected chi connectivity index (χ1v) is 8.58. The zero-order valence-electron chi connectivity index (χ0n) is 14.6. The number of benzene rings is 1. The molecule has 0 saturated carbocycles. The van der Waals surface area contributed by atoms with Crippen LogP contribution in [0.15, 0.2) is 34.7 Å². The normalized spacial score (nSPS) is 11.1. The number of fused-ring (bicyclic) bond motifs is 1. The fourth-order valence-electron chi connectivity index (χ4n) is 2.76. The summed E-state index contributed by atoms with van der Waals surface area (Å²) in [5.41, 5.74) is 2.03. The Morgan fingerprint density at radius 2 is 2.20 bits per heavy atom. The van der Waals surface area contributed by atoms with E-state index in [0.717, 1.165) is 47.6 Å². The van der Waals surface area contributed by atoms with Gasteiger partial charge >= 0.3 is 5.97 Å². The lowest BCUT2D eigenvalue weighted by Gasteiger charge is -2.01. The van der Waals surface area contributed by atoms with Crippen LogP contribution >= 0.6 is 0 Å². The topological polar surface area (TPSA) is 80.2 Å². The van der Waals surface area contributed by atoms with E-state index in [4.69, 9.17) is 9.15 Å². The van der Waals surface area contributed by atoms with Crippen LogP contribution in [0.3, 0.4) is 0 Å². The van der Waals surface area contributed by atoms with Crippen molar-refractivity contribution in [2.24, 2.45) is 0 Å². The lowest BCUT2D eigenvalue weighted by molar-refractivity contribution is 0.0519. The molecule has 0 fully saturated rings. The van der Waals surface area contributed by atoms with Gasteiger partial charge in [0.25, 0.3) is 0 Å². The molecule has 0 spiro atoms. The molecule has 3 rings (SSSR count). The number of carbonyl (C=O) groups excluding carboxylic acids is 1. The van der Waals surface area contributed by atoms with Crippen LogP contribution in [-0.2, 0) is 17.7 Å². The van der Waals surface area contributed by atoms with Crippen molar-refractivity contribution in [1.82, 2.24) is 15.3 Å². The highest BCUT2D eigenvalue weighted by molar-refractivity contribution is 5.88. The van der Waals surface area contributed by atoms with Gasteiger partial charge in [0.1, 0.15) is 17.2 Å². The number of carbonyl (C=O) groups is 1. The Hall–Kier alpha value is -2.60. The van der Waals surface area contributed by atoms with Gasteiger partial charge in [-0.15, -0.1) is 0 Å². The number of nitrogens with zero attached hydrogens (tertiary/aromatic N) is 1. The minimum Gasteiger partial charge on any atom is -0.461 e. The monoisotopic (exact) mass is 341 g/mol. The second-order valence-corrected chi connectivity index (χ2v) is 5.91. The van der Waals surface area contributed by atoms with Gasteiger partial charge in [0.05, 0.1) is 13.2 Å². The van der Waals surface area contributed by atoms with E-state index in [1.807, 2.05) is 25.1 Å². The maximum Gasteiger partial charge on any atom is 0.358 e. The minimum atomic E-state index is -0.382. The number of hydrogen-bond acceptors (Lipinski definition) is 5. The van der Waals surface area contributed by atoms with Gasteiger partial charge in [-0.1, -0.05) is 18.2 Å². The first-order chi connectivity index (χ1) is 12.2. The fraction of sp³-hybridized carbons (Fsp3) is 0.368. The van der Waals surface area contributed by atoms with Gasteiger partial charge in [-0.25, -0.2) is 9.78 Å². The summed E-state index contributed by atoms with van der Waals surface area (Å²) >= 11 is 0. The van der Waals surface area contributed by atoms with Gasteiger partial charge in [-0.2, -0.15) is 0 Å². The molecule has 6 nitrogen and oxygen atoms in total. The van der Waals surface area contributed by atoms with Crippen LogP contribution in [0.25, 0.3) is 11.0 Å². The average Bonchev–Trinajstić information content (AvgIpc) is 3.17. The minimum absolute atomic E-state index is 0.348. The number of hydrogen-bond donors (Lipinski definition) is 2. The lowest BCUT2D eigenvalue weighted by atomic mass is 10.2. The van der Waals surface area contributed by atoms with E-state index in [2.05, 4.69) is 27.4 Å². The lowest BCUT2D eigenvalue weighted by Crippen LogP contribution is -2.16. The van der Waals surface area contributed by atoms with E-state index >= 15 is 0 Å². The summed E-state index contributed by atoms with van der Waals surface area (Å²) in [6.07, 6.45) is 1.84. The van der Waals surface area contributed by atoms with Gasteiger partial charge in [-0.3, -0.25) is 0 Å². The fourth-order valence-corrected chi connectivity index (χ4v) is 2.76. The zero-order chi connectivity index (χ0) is 17.6. The van der Waals surface area contributed by atoms with Crippen molar-refractivity contribution in [3.05, 3.63) is 53.3 Å². The smallest absolute Gasteiger partial charge is 0.358 e. The Balaban J connectivity index is 1.44. The molecule has 2 N–H and O–H groups in total. The van der Waals surface area contributed by atoms with Crippen LogP contribution in [0.4, 0.5) is 0 Å². The molecule has 0 amide bonds. The number of imidazole rings is 1. The highest BCUT2D eigenvalue weighted by Gasteiger charge is 2.15. The van der Waals surface area contributed by atoms with Crippen molar-refractivity contribution in [3.63, 3.8) is 0 Å². The predicted octanol–water partition coefficient (Wildman–Crippen LogP) is 3.36. The van der Waals surface area contributed by atoms with Crippen LogP contribution in [-0.4, -0.2) is 29.1 Å². The van der Waals surface area contributed by atoms with Crippen LogP contribution in [0.1, 0.15) is 41.1 Å². The second-order valence-electron chi connectivity index (χ2n) is 5.91. The average molecular weight is 341 g/mol. The van der Waals surface area contributed by atoms with E-state index in [0.29, 0.717) is 18.8 Å². The van der Waals surface area contributed by atoms with Crippen LogP contribution in [0.5, 0.6) is 0 Å². The van der Waals surface area contributed by atoms with Crippen LogP contribution in [0.2, 0.25) is 0 Å². The Morgan fingerprint density at radius 1 is 1.36 bits per heavy atom. The summed E-state index contributed by atoms with van der Waals surface area (Å²) in [6.45, 7) is 5.38. The van der Waals surface area contributed by atoms with Gasteiger partial charge < -0.3 is 19.5 Å². The molecule has 0 aliphatic rings. The third-order valence-electron chi connectivity index (χ3n) is 3.95. The van der Waals surface area contributed by atoms with Crippen LogP contribution < -0.4 is 5.32 Å². The highest BCUT2D eigenvalue weighted by atomic mass is 16.5. The first kappa shape index (κ1) is 17.2. The largest absolute Gasteiger partial charge is 0.461 e. The molecule has 0 bridgehead atoms. The number of aromatic nitrogens is 2. The molecule has 0 aliphatic heterocycles. The van der Waals surface area contributed by atoms with Gasteiger partial charge in [0.15, 0.2) is 5.69 Å². The Labute approximate surface area is 146 Å². The number of aromatic amines is 1. The number of rotatable bonds is 8. The number of furan rings is 1. The zero-order valence-corrected chi connectivity index (χ0v) is 14.6. The predicted molar refractivity (Wildman–Crippen MR) is 95.5 cm³/mol. The molecule has 0 atom stereocenters. The molecule has 3 aromatic rings. The quantitative estimate of drug-likeness (QED) is 0.485. The number of aryl methyl sites for hydroxylation is 2. The van der Waals surface area contributed by atoms with E-state index in [1.165, 1.54) is 0 Å². The van der Waals surface area contributed by atoms with E-state index in [9.17, 15) is 4.79 Å². The standard InChI is InChI=1S/C19H23N3O3/c1-3-24-19(23)18-13(2)21-17(22-18)12-20-10-6-8-15-11-14-7-4-5-9-16(14)25-15/h4-5,7,9,11,20H,3,6,8,10,12H2,1-2H3,(H,21,22). The number of esters is 1. The highest BCUT2D eigenvalue weighted by Crippen LogP contribution is 2.19. The van der Waals surface area contributed by atoms with Crippen molar-refractivity contribution in [2.45, 2.75) is 33.2 Å². The Morgan fingerprint density at radius 3 is 3.00 bits per heavy atom. The Kier molecular flexibility index (Phi) is 5.50. The summed E-state index contributed by atoms with van der Waals surface area (Å²) in [5.74, 6) is 1.36. The van der Waals surface area contributed by atoms with E-state index in [1.54, 1.807) is 6.92 Å². The summed E-state index contributed by atoms with van der Waals surface area (Å²) in [4.78, 5) is 19.2. The molecule has 2 aromatic heterocycles. The number of nitrogens with one attached hydrogen (secondary N) is 2. The molecular formula is C19H23N3O3. The molecule has 0 radical (unpaired) electrons. The van der Waals surface area contributed by atoms with Crippen LogP contribution in [0, 0.1) is 6.92 Å². The molecule has 0 unspecified atom stereocenters. The van der Waals surface area contributed by atoms with Crippen molar-refractivity contribution >= 4 is 16.9 Å². The van der Waals surface area contributed by atoms with Crippen molar-refractivity contribution in [2.75, 3.05) is 13.2 Å². The second kappa shape index (κ2) is 7.98. The first-order valence-electron chi connectivity index (χ1n) is 8.58. The van der Waals surface area contributed by atoms with Gasteiger partial charge in [-0.05, 0) is 38.9 Å². The molecule has 0 saturated heterocycles. The maximum atomic E-state index is 11.8. The molecular weight excluding hydrogens is 318 g/mol. The summed E-state index contributed by atoms with van der Waals surface area (Å²) in [7, 11) is 0. The summed E-state index contributed by atoms with van der Waals surface area (Å²) in [6, 6.07) is 10.1. The number of H-pyrrole nitrogens is 1. The van der Waals surface area contributed by atoms with Crippen molar-refractivity contribution in [1.29, 1.82) is 0 Å². The third kappa shape index (κ3) is 4.28. The SMILES string of the molecule is CCOC(=O)c1nc(CNCCCc2cc3ccccc3o2)[nH]c1C. The summed E-state index contributed by atoms with van der Waals surface area (Å²) < 4.78 is 10.8. The molecule has 0 aliphatic carbocycles. The summed E-state index contributed by atoms with van der Waals surface area (Å²) in [5, 5.41) is 4.47. The van der Waals surface area contributed by atoms with Crippen molar-refractivity contribution < 1.29 is 13.9 Å². The number of ether oxygens (including phenoxy) is 1. The molecule has 1 aromatic carbocycles. The Bertz CT molecular complexity index is 818. The van der Waals surface area contributed by atoms with E-state index < -0.39 is 0 Å². The van der Waals surface area contributed by atoms with E-state index in [-0.39, 0.29) is 5.97 Å². The molecule has 2 heterocycles. The van der Waals surface area contributed by atoms with Gasteiger partial charge in [0, 0.05) is 17.5 Å². The molecule has 25 heavy (non-hydrogen) atoms. The van der Waals surface area contributed by atoms with Gasteiger partial charge in [0.2, 0.25) is 0 Å². The molecule has 132 valence electrons. The number of para-hydroxylation sites is 1. The van der Waals surface area contributed by atoms with Crippen molar-refractivity contribution in [3.8, 4) is 0 Å². The molecule has 6 heteroatoms. The maximum absolute atomic E-state index is 11.8.